The number of esters is 1. The lowest BCUT2D eigenvalue weighted by atomic mass is 10.2. The smallest absolute Gasteiger partial charge is 0.305 e. The van der Waals surface area contributed by atoms with E-state index >= 15 is 0 Å². The highest BCUT2D eigenvalue weighted by Crippen LogP contribution is 2.22. The SMILES string of the molecule is CCC(=O)OCCN(C)c1ccc(N=Nc2ccc([NH2+]O)cc2)cc1. The van der Waals surface area contributed by atoms with Crippen LogP contribution in [0.2, 0.25) is 0 Å². The quantitative estimate of drug-likeness (QED) is 0.333. The number of ether oxygens (including phenoxy) is 1. The second-order valence-electron chi connectivity index (χ2n) is 5.43. The minimum Gasteiger partial charge on any atom is -0.464 e. The Labute approximate surface area is 146 Å². The van der Waals surface area contributed by atoms with Crippen molar-refractivity contribution in [3.8, 4) is 0 Å². The molecule has 132 valence electrons. The van der Waals surface area contributed by atoms with Crippen LogP contribution in [-0.2, 0) is 9.53 Å². The number of hydrogen-bond donors (Lipinski definition) is 2. The molecule has 7 heteroatoms. The molecule has 0 saturated carbocycles. The van der Waals surface area contributed by atoms with Crippen molar-refractivity contribution in [1.82, 2.24) is 0 Å². The van der Waals surface area contributed by atoms with Gasteiger partial charge in [0.2, 0.25) is 0 Å². The first-order chi connectivity index (χ1) is 12.1. The minimum absolute atomic E-state index is 0.186. The number of anilines is 1. The summed E-state index contributed by atoms with van der Waals surface area (Å²) < 4.78 is 5.08. The minimum atomic E-state index is -0.186. The van der Waals surface area contributed by atoms with Gasteiger partial charge in [-0.05, 0) is 36.4 Å². The van der Waals surface area contributed by atoms with Crippen molar-refractivity contribution in [1.29, 1.82) is 0 Å². The third-order valence-corrected chi connectivity index (χ3v) is 3.59. The van der Waals surface area contributed by atoms with E-state index in [1.165, 1.54) is 0 Å². The van der Waals surface area contributed by atoms with Crippen LogP contribution < -0.4 is 10.4 Å². The van der Waals surface area contributed by atoms with Crippen LogP contribution in [-0.4, -0.2) is 31.4 Å². The second-order valence-corrected chi connectivity index (χ2v) is 5.43. The molecule has 25 heavy (non-hydrogen) atoms. The molecule has 0 radical (unpaired) electrons. The summed E-state index contributed by atoms with van der Waals surface area (Å²) in [6.07, 6.45) is 0.393. The molecule has 7 nitrogen and oxygen atoms in total. The summed E-state index contributed by atoms with van der Waals surface area (Å²) in [5, 5.41) is 17.2. The van der Waals surface area contributed by atoms with E-state index in [9.17, 15) is 4.79 Å². The Morgan fingerprint density at radius 3 is 2.16 bits per heavy atom. The predicted octanol–water partition coefficient (Wildman–Crippen LogP) is 3.08. The van der Waals surface area contributed by atoms with Gasteiger partial charge >= 0.3 is 5.97 Å². The molecule has 0 amide bonds. The van der Waals surface area contributed by atoms with Crippen molar-refractivity contribution >= 4 is 28.7 Å². The van der Waals surface area contributed by atoms with E-state index < -0.39 is 0 Å². The van der Waals surface area contributed by atoms with Gasteiger partial charge in [0.1, 0.15) is 6.61 Å². The van der Waals surface area contributed by atoms with E-state index in [4.69, 9.17) is 9.94 Å². The molecule has 0 aliphatic carbocycles. The van der Waals surface area contributed by atoms with Crippen molar-refractivity contribution in [3.05, 3.63) is 48.5 Å². The Bertz CT molecular complexity index is 699. The van der Waals surface area contributed by atoms with E-state index in [1.54, 1.807) is 31.2 Å². The van der Waals surface area contributed by atoms with Crippen molar-refractivity contribution in [2.45, 2.75) is 13.3 Å². The number of nitrogens with two attached hydrogens (primary N) is 1. The topological polar surface area (TPSA) is 91.1 Å². The molecule has 3 N–H and O–H groups in total. The monoisotopic (exact) mass is 343 g/mol. The van der Waals surface area contributed by atoms with Crippen LogP contribution in [0.25, 0.3) is 0 Å². The molecule has 0 heterocycles. The molecule has 0 aromatic heterocycles. The number of benzene rings is 2. The van der Waals surface area contributed by atoms with Crippen LogP contribution in [0, 0.1) is 0 Å². The fourth-order valence-corrected chi connectivity index (χ4v) is 2.04. The first-order valence-electron chi connectivity index (χ1n) is 8.08. The van der Waals surface area contributed by atoms with Crippen LogP contribution in [0.5, 0.6) is 0 Å². The summed E-state index contributed by atoms with van der Waals surface area (Å²) in [5.74, 6) is -0.186. The summed E-state index contributed by atoms with van der Waals surface area (Å²) >= 11 is 0. The van der Waals surface area contributed by atoms with Crippen molar-refractivity contribution < 1.29 is 20.2 Å². The first-order valence-corrected chi connectivity index (χ1v) is 8.08. The van der Waals surface area contributed by atoms with Gasteiger partial charge in [-0.3, -0.25) is 4.79 Å². The maximum absolute atomic E-state index is 11.1. The normalized spacial score (nSPS) is 10.8. The summed E-state index contributed by atoms with van der Waals surface area (Å²) in [5.41, 5.74) is 4.22. The average Bonchev–Trinajstić information content (AvgIpc) is 2.66. The van der Waals surface area contributed by atoms with E-state index in [0.717, 1.165) is 22.5 Å². The zero-order valence-electron chi connectivity index (χ0n) is 14.4. The molecule has 0 aliphatic rings. The Hall–Kier alpha value is -2.77. The Morgan fingerprint density at radius 1 is 1.08 bits per heavy atom. The maximum Gasteiger partial charge on any atom is 0.305 e. The molecule has 0 unspecified atom stereocenters. The largest absolute Gasteiger partial charge is 0.464 e. The predicted molar refractivity (Wildman–Crippen MR) is 95.0 cm³/mol. The molecule has 0 aliphatic heterocycles. The van der Waals surface area contributed by atoms with Crippen molar-refractivity contribution in [2.75, 3.05) is 25.1 Å². The first kappa shape index (κ1) is 18.6. The third kappa shape index (κ3) is 5.98. The molecule has 2 aromatic rings. The fraction of sp³-hybridized carbons (Fsp3) is 0.278. The molecule has 0 atom stereocenters. The van der Waals surface area contributed by atoms with Crippen LogP contribution in [0.4, 0.5) is 22.7 Å². The number of hydrogen-bond acceptors (Lipinski definition) is 6. The summed E-state index contributed by atoms with van der Waals surface area (Å²) in [4.78, 5) is 13.1. The van der Waals surface area contributed by atoms with Gasteiger partial charge in [0.25, 0.3) is 0 Å². The number of quaternary nitrogens is 1. The standard InChI is InChI=1S/C18H22N4O3/c1-3-18(23)25-13-12-22(2)17-10-8-15(9-11-17)20-19-14-4-6-16(21-24)7-5-14/h4-11,21,24H,3,12-13H2,1-2H3/p+1. The molecular formula is C18H23N4O3+. The van der Waals surface area contributed by atoms with Gasteiger partial charge in [-0.15, -0.1) is 0 Å². The second kappa shape index (κ2) is 9.51. The van der Waals surface area contributed by atoms with Gasteiger partial charge in [0.15, 0.2) is 5.69 Å². The highest BCUT2D eigenvalue weighted by atomic mass is 16.5. The molecule has 0 bridgehead atoms. The molecule has 2 aromatic carbocycles. The third-order valence-electron chi connectivity index (χ3n) is 3.59. The highest BCUT2D eigenvalue weighted by molar-refractivity contribution is 5.68. The number of nitrogens with zero attached hydrogens (tertiary/aromatic N) is 3. The number of likely N-dealkylation sites (N-methyl/N-ethyl adjacent to an activating group) is 1. The Morgan fingerprint density at radius 2 is 1.64 bits per heavy atom. The molecule has 0 saturated heterocycles. The summed E-state index contributed by atoms with van der Waals surface area (Å²) in [7, 11) is 1.94. The van der Waals surface area contributed by atoms with Crippen LogP contribution in [0.3, 0.4) is 0 Å². The van der Waals surface area contributed by atoms with E-state index in [1.807, 2.05) is 36.2 Å². The number of azo groups is 1. The number of carbonyl (C=O) groups excluding carboxylic acids is 1. The van der Waals surface area contributed by atoms with Crippen molar-refractivity contribution in [2.24, 2.45) is 10.2 Å². The van der Waals surface area contributed by atoms with Crippen LogP contribution >= 0.6 is 0 Å². The van der Waals surface area contributed by atoms with Crippen LogP contribution in [0.1, 0.15) is 13.3 Å². The average molecular weight is 343 g/mol. The van der Waals surface area contributed by atoms with Gasteiger partial charge in [-0.1, -0.05) is 6.92 Å². The molecule has 2 rings (SSSR count). The lowest BCUT2D eigenvalue weighted by Gasteiger charge is -2.19. The zero-order chi connectivity index (χ0) is 18.1. The highest BCUT2D eigenvalue weighted by Gasteiger charge is 2.03. The molecule has 0 fully saturated rings. The van der Waals surface area contributed by atoms with Gasteiger partial charge < -0.3 is 9.64 Å². The lowest BCUT2D eigenvalue weighted by Crippen LogP contribution is -2.73. The van der Waals surface area contributed by atoms with Crippen LogP contribution in [0.15, 0.2) is 58.8 Å². The summed E-state index contributed by atoms with van der Waals surface area (Å²) in [6, 6.07) is 14.7. The maximum atomic E-state index is 11.1. The number of carbonyl (C=O) groups is 1. The fourth-order valence-electron chi connectivity index (χ4n) is 2.04. The van der Waals surface area contributed by atoms with E-state index in [0.29, 0.717) is 25.3 Å². The Kier molecular flexibility index (Phi) is 7.06. The molecular weight excluding hydrogens is 320 g/mol. The van der Waals surface area contributed by atoms with E-state index in [-0.39, 0.29) is 5.97 Å². The van der Waals surface area contributed by atoms with Gasteiger partial charge in [0.05, 0.1) is 17.9 Å². The number of rotatable bonds is 8. The zero-order valence-corrected chi connectivity index (χ0v) is 14.4. The Balaban J connectivity index is 1.89. The van der Waals surface area contributed by atoms with Gasteiger partial charge in [-0.2, -0.15) is 15.7 Å². The van der Waals surface area contributed by atoms with Gasteiger partial charge in [0, 0.05) is 31.3 Å². The van der Waals surface area contributed by atoms with E-state index in [2.05, 4.69) is 10.2 Å². The summed E-state index contributed by atoms with van der Waals surface area (Å²) in [6.45, 7) is 2.77. The van der Waals surface area contributed by atoms with Gasteiger partial charge in [-0.25, -0.2) is 5.21 Å². The van der Waals surface area contributed by atoms with Crippen molar-refractivity contribution in [3.63, 3.8) is 0 Å². The lowest BCUT2D eigenvalue weighted by molar-refractivity contribution is -0.825. The molecule has 0 spiro atoms.